The van der Waals surface area contributed by atoms with E-state index in [0.29, 0.717) is 13.0 Å². The van der Waals surface area contributed by atoms with Crippen LogP contribution in [0.15, 0.2) is 10.3 Å². The number of hydrogen-bond acceptors (Lipinski definition) is 8. The lowest BCUT2D eigenvalue weighted by molar-refractivity contribution is 0.0591. The summed E-state index contributed by atoms with van der Waals surface area (Å²) in [5, 5.41) is 1.22. The quantitative estimate of drug-likeness (QED) is 0.654. The van der Waals surface area contributed by atoms with Crippen molar-refractivity contribution < 1.29 is 26.4 Å². The van der Waals surface area contributed by atoms with Gasteiger partial charge in [-0.2, -0.15) is 4.37 Å². The van der Waals surface area contributed by atoms with Crippen LogP contribution in [0.1, 0.15) is 16.9 Å². The Morgan fingerprint density at radius 2 is 2.27 bits per heavy atom. The maximum absolute atomic E-state index is 12.1. The van der Waals surface area contributed by atoms with Crippen molar-refractivity contribution in [1.82, 2.24) is 13.4 Å². The van der Waals surface area contributed by atoms with Crippen molar-refractivity contribution >= 4 is 37.5 Å². The molecule has 0 unspecified atom stereocenters. The van der Waals surface area contributed by atoms with Gasteiger partial charge in [-0.15, -0.1) is 0 Å². The molecule has 22 heavy (non-hydrogen) atoms. The molecule has 1 aliphatic heterocycles. The van der Waals surface area contributed by atoms with E-state index in [9.17, 15) is 21.6 Å². The maximum atomic E-state index is 12.1. The molecule has 2 rings (SSSR count). The first-order valence-corrected chi connectivity index (χ1v) is 10.2. The van der Waals surface area contributed by atoms with Gasteiger partial charge < -0.3 is 4.74 Å². The number of rotatable bonds is 6. The van der Waals surface area contributed by atoms with Crippen LogP contribution in [0.4, 0.5) is 0 Å². The highest BCUT2D eigenvalue weighted by atomic mass is 32.2. The second kappa shape index (κ2) is 6.58. The van der Waals surface area contributed by atoms with E-state index in [1.54, 1.807) is 0 Å². The monoisotopic (exact) mass is 369 g/mol. The predicted molar refractivity (Wildman–Crippen MR) is 78.6 cm³/mol. The highest BCUT2D eigenvalue weighted by Gasteiger charge is 2.29. The summed E-state index contributed by atoms with van der Waals surface area (Å²) in [5.74, 6) is -0.760. The Morgan fingerprint density at radius 3 is 2.86 bits per heavy atom. The van der Waals surface area contributed by atoms with Crippen molar-refractivity contribution in [2.24, 2.45) is 0 Å². The summed E-state index contributed by atoms with van der Waals surface area (Å²) in [6.07, 6.45) is 0.538. The van der Waals surface area contributed by atoms with Crippen molar-refractivity contribution in [2.75, 3.05) is 32.5 Å². The zero-order valence-electron chi connectivity index (χ0n) is 11.7. The highest BCUT2D eigenvalue weighted by Crippen LogP contribution is 2.18. The average Bonchev–Trinajstić information content (AvgIpc) is 3.05. The summed E-state index contributed by atoms with van der Waals surface area (Å²) >= 11 is 0.819. The van der Waals surface area contributed by atoms with Crippen LogP contribution in [0.3, 0.4) is 0 Å². The minimum absolute atomic E-state index is 0.0483. The largest absolute Gasteiger partial charge is 0.464 e. The van der Waals surface area contributed by atoms with Crippen molar-refractivity contribution in [2.45, 2.75) is 11.3 Å². The van der Waals surface area contributed by atoms with Gasteiger partial charge in [0.25, 0.3) is 0 Å². The smallest absolute Gasteiger partial charge is 0.359 e. The summed E-state index contributed by atoms with van der Waals surface area (Å²) in [5.41, 5.74) is -0.284. The van der Waals surface area contributed by atoms with E-state index < -0.39 is 26.0 Å². The molecule has 1 fully saturated rings. The second-order valence-electron chi connectivity index (χ2n) is 4.49. The molecule has 1 aromatic rings. The van der Waals surface area contributed by atoms with E-state index in [1.807, 2.05) is 0 Å². The van der Waals surface area contributed by atoms with Crippen LogP contribution >= 0.6 is 11.5 Å². The summed E-state index contributed by atoms with van der Waals surface area (Å²) in [6.45, 7) is 0.349. The minimum Gasteiger partial charge on any atom is -0.464 e. The number of hydrogen-bond donors (Lipinski definition) is 1. The fourth-order valence-corrected chi connectivity index (χ4v) is 5.64. The zero-order valence-corrected chi connectivity index (χ0v) is 14.1. The maximum Gasteiger partial charge on any atom is 0.359 e. The number of esters is 1. The van der Waals surface area contributed by atoms with E-state index in [-0.39, 0.29) is 29.4 Å². The van der Waals surface area contributed by atoms with Crippen LogP contribution in [0.25, 0.3) is 0 Å². The van der Waals surface area contributed by atoms with Crippen molar-refractivity contribution in [1.29, 1.82) is 0 Å². The van der Waals surface area contributed by atoms with Gasteiger partial charge in [-0.25, -0.2) is 30.7 Å². The molecule has 124 valence electrons. The molecule has 1 aliphatic rings. The Hall–Kier alpha value is -1.08. The van der Waals surface area contributed by atoms with Gasteiger partial charge in [0.2, 0.25) is 20.0 Å². The lowest BCUT2D eigenvalue weighted by atomic mass is 10.4. The predicted octanol–water partition coefficient (Wildman–Crippen LogP) is -0.756. The molecule has 2 heterocycles. The summed E-state index contributed by atoms with van der Waals surface area (Å²) in [4.78, 5) is 11.2. The van der Waals surface area contributed by atoms with Gasteiger partial charge in [0.05, 0.1) is 12.9 Å². The molecule has 0 aromatic carbocycles. The molecule has 0 radical (unpaired) electrons. The van der Waals surface area contributed by atoms with Crippen LogP contribution in [-0.4, -0.2) is 64.0 Å². The fraction of sp³-hybridized carbons (Fsp3) is 0.600. The molecular weight excluding hydrogens is 354 g/mol. The third-order valence-corrected chi connectivity index (χ3v) is 7.27. The van der Waals surface area contributed by atoms with Crippen LogP contribution in [0.2, 0.25) is 0 Å². The molecular formula is C10H15N3O6S3. The fourth-order valence-electron chi connectivity index (χ4n) is 1.98. The molecule has 0 spiro atoms. The van der Waals surface area contributed by atoms with Gasteiger partial charge in [-0.3, -0.25) is 0 Å². The molecule has 0 atom stereocenters. The van der Waals surface area contributed by atoms with E-state index in [1.165, 1.54) is 9.69 Å². The van der Waals surface area contributed by atoms with E-state index in [4.69, 9.17) is 0 Å². The number of carbonyl (C=O) groups excluding carboxylic acids is 1. The first-order valence-electron chi connectivity index (χ1n) is 6.28. The third kappa shape index (κ3) is 3.63. The lowest BCUT2D eigenvalue weighted by Gasteiger charge is -2.14. The van der Waals surface area contributed by atoms with Gasteiger partial charge in [-0.1, -0.05) is 0 Å². The van der Waals surface area contributed by atoms with E-state index in [2.05, 4.69) is 13.8 Å². The van der Waals surface area contributed by atoms with Gasteiger partial charge >= 0.3 is 5.97 Å². The number of carbonyl (C=O) groups is 1. The number of nitrogens with one attached hydrogen (secondary N) is 1. The van der Waals surface area contributed by atoms with Crippen LogP contribution in [0.5, 0.6) is 0 Å². The number of aromatic nitrogens is 1. The Balaban J connectivity index is 2.03. The normalized spacial score (nSPS) is 18.4. The highest BCUT2D eigenvalue weighted by molar-refractivity contribution is 7.90. The topological polar surface area (TPSA) is 123 Å². The standard InChI is InChI=1S/C10H15N3O6S3/c1-19-10(14)9-8(7-20-12-9)22(17,18)11-3-5-13-4-2-6-21(13,15)16/h7,11H,2-6H2,1H3. The van der Waals surface area contributed by atoms with Crippen LogP contribution in [0, 0.1) is 0 Å². The van der Waals surface area contributed by atoms with Gasteiger partial charge in [0.15, 0.2) is 5.69 Å². The van der Waals surface area contributed by atoms with Gasteiger partial charge in [0.1, 0.15) is 4.90 Å². The molecule has 0 saturated carbocycles. The molecule has 9 nitrogen and oxygen atoms in total. The van der Waals surface area contributed by atoms with Gasteiger partial charge in [0, 0.05) is 25.0 Å². The molecule has 0 aliphatic carbocycles. The Bertz CT molecular complexity index is 755. The molecule has 0 bridgehead atoms. The number of methoxy groups -OCH3 is 1. The lowest BCUT2D eigenvalue weighted by Crippen LogP contribution is -2.36. The Morgan fingerprint density at radius 1 is 1.55 bits per heavy atom. The van der Waals surface area contributed by atoms with Crippen LogP contribution < -0.4 is 4.72 Å². The first-order chi connectivity index (χ1) is 10.3. The van der Waals surface area contributed by atoms with E-state index >= 15 is 0 Å². The number of sulfonamides is 2. The Kier molecular flexibility index (Phi) is 5.17. The van der Waals surface area contributed by atoms with E-state index in [0.717, 1.165) is 18.6 Å². The summed E-state index contributed by atoms with van der Waals surface area (Å²) in [7, 11) is -6.10. The minimum atomic E-state index is -3.96. The number of ether oxygens (including phenoxy) is 1. The third-order valence-electron chi connectivity index (χ3n) is 3.06. The summed E-state index contributed by atoms with van der Waals surface area (Å²) < 4.78 is 59.2. The zero-order chi connectivity index (χ0) is 16.4. The molecule has 0 amide bonds. The van der Waals surface area contributed by atoms with Crippen molar-refractivity contribution in [3.05, 3.63) is 11.1 Å². The molecule has 12 heteroatoms. The second-order valence-corrected chi connectivity index (χ2v) is 8.94. The summed E-state index contributed by atoms with van der Waals surface area (Å²) in [6, 6.07) is 0. The molecule has 1 saturated heterocycles. The SMILES string of the molecule is COC(=O)c1nscc1S(=O)(=O)NCCN1CCCS1(=O)=O. The molecule has 1 aromatic heterocycles. The molecule has 1 N–H and O–H groups in total. The first kappa shape index (κ1) is 17.3. The van der Waals surface area contributed by atoms with Gasteiger partial charge in [-0.05, 0) is 18.0 Å². The average molecular weight is 369 g/mol. The van der Waals surface area contributed by atoms with Crippen molar-refractivity contribution in [3.8, 4) is 0 Å². The number of nitrogens with zero attached hydrogens (tertiary/aromatic N) is 2. The van der Waals surface area contributed by atoms with Crippen molar-refractivity contribution in [3.63, 3.8) is 0 Å². The van der Waals surface area contributed by atoms with Crippen LogP contribution in [-0.2, 0) is 24.8 Å². The Labute approximate surface area is 132 Å².